The van der Waals surface area contributed by atoms with Gasteiger partial charge >= 0.3 is 0 Å². The zero-order chi connectivity index (χ0) is 13.6. The van der Waals surface area contributed by atoms with Crippen molar-refractivity contribution in [2.45, 2.75) is 20.4 Å². The first-order valence-electron chi connectivity index (χ1n) is 5.94. The second-order valence-corrected chi connectivity index (χ2v) is 5.55. The van der Waals surface area contributed by atoms with Crippen molar-refractivity contribution in [3.63, 3.8) is 0 Å². The molecule has 1 aliphatic heterocycles. The van der Waals surface area contributed by atoms with Crippen LogP contribution < -0.4 is 4.90 Å². The molecule has 0 unspecified atom stereocenters. The largest absolute Gasteiger partial charge is 0.299 e. The first kappa shape index (κ1) is 12.0. The van der Waals surface area contributed by atoms with Crippen LogP contribution >= 0.6 is 11.3 Å². The van der Waals surface area contributed by atoms with E-state index >= 15 is 0 Å². The lowest BCUT2D eigenvalue weighted by molar-refractivity contribution is -0.114. The Hall–Kier alpha value is -2.01. The summed E-state index contributed by atoms with van der Waals surface area (Å²) in [6.07, 6.45) is 1.70. The molecule has 5 heteroatoms. The number of rotatable bonds is 2. The van der Waals surface area contributed by atoms with Gasteiger partial charge < -0.3 is 0 Å². The Morgan fingerprint density at radius 2 is 1.95 bits per heavy atom. The van der Waals surface area contributed by atoms with Gasteiger partial charge in [0.15, 0.2) is 0 Å². The van der Waals surface area contributed by atoms with Gasteiger partial charge in [0.1, 0.15) is 5.01 Å². The number of aryl methyl sites for hydroxylation is 2. The number of ketones is 1. The Balaban J connectivity index is 2.12. The number of fused-ring (bicyclic) bond motifs is 1. The van der Waals surface area contributed by atoms with Gasteiger partial charge in [0, 0.05) is 11.6 Å². The molecule has 4 nitrogen and oxygen atoms in total. The van der Waals surface area contributed by atoms with Gasteiger partial charge in [0.05, 0.1) is 17.8 Å². The number of nitrogens with zero attached hydrogens (tertiary/aromatic N) is 2. The third kappa shape index (κ3) is 1.77. The van der Waals surface area contributed by atoms with Crippen molar-refractivity contribution in [1.82, 2.24) is 4.98 Å². The molecule has 1 aromatic heterocycles. The molecule has 0 atom stereocenters. The molecule has 2 aromatic rings. The highest BCUT2D eigenvalue weighted by Crippen LogP contribution is 2.35. The molecule has 0 N–H and O–H groups in total. The molecule has 0 saturated heterocycles. The summed E-state index contributed by atoms with van der Waals surface area (Å²) in [7, 11) is 0. The minimum absolute atomic E-state index is 0.361. The van der Waals surface area contributed by atoms with E-state index in [4.69, 9.17) is 0 Å². The molecule has 0 aliphatic carbocycles. The van der Waals surface area contributed by atoms with Crippen LogP contribution in [0.1, 0.15) is 26.5 Å². The molecule has 0 saturated carbocycles. The molecular weight excluding hydrogens is 260 g/mol. The molecular formula is C14H12N2O2S. The number of carbonyl (C=O) groups is 2. The average Bonchev–Trinajstić information content (AvgIpc) is 2.97. The Morgan fingerprint density at radius 1 is 1.21 bits per heavy atom. The number of amides is 1. The van der Waals surface area contributed by atoms with Crippen molar-refractivity contribution < 1.29 is 9.59 Å². The molecule has 0 spiro atoms. The molecule has 0 fully saturated rings. The van der Waals surface area contributed by atoms with E-state index in [1.165, 1.54) is 11.3 Å². The van der Waals surface area contributed by atoms with Crippen LogP contribution in [0.25, 0.3) is 0 Å². The van der Waals surface area contributed by atoms with Crippen LogP contribution in [-0.4, -0.2) is 16.7 Å². The molecule has 1 aliphatic rings. The SMILES string of the molecule is Cc1ccc(C)c2c1C(=O)C(=O)N2Cc1nccs1. The monoisotopic (exact) mass is 272 g/mol. The van der Waals surface area contributed by atoms with Crippen LogP contribution in [0.2, 0.25) is 0 Å². The van der Waals surface area contributed by atoms with E-state index in [1.807, 2.05) is 31.4 Å². The molecule has 1 aromatic carbocycles. The highest BCUT2D eigenvalue weighted by molar-refractivity contribution is 7.09. The number of hydrogen-bond donors (Lipinski definition) is 0. The van der Waals surface area contributed by atoms with Crippen LogP contribution in [0.15, 0.2) is 23.7 Å². The Labute approximate surface area is 114 Å². The number of hydrogen-bond acceptors (Lipinski definition) is 4. The molecule has 2 heterocycles. The second-order valence-electron chi connectivity index (χ2n) is 4.57. The van der Waals surface area contributed by atoms with Gasteiger partial charge in [0.2, 0.25) is 0 Å². The number of thiazole rings is 1. The molecule has 1 amide bonds. The van der Waals surface area contributed by atoms with E-state index in [1.54, 1.807) is 11.1 Å². The van der Waals surface area contributed by atoms with E-state index in [-0.39, 0.29) is 0 Å². The van der Waals surface area contributed by atoms with Crippen LogP contribution in [0.4, 0.5) is 5.69 Å². The van der Waals surface area contributed by atoms with Crippen molar-refractivity contribution >= 4 is 28.7 Å². The van der Waals surface area contributed by atoms with Crippen LogP contribution in [0, 0.1) is 13.8 Å². The first-order chi connectivity index (χ1) is 9.09. The number of carbonyl (C=O) groups excluding carboxylic acids is 2. The fraction of sp³-hybridized carbons (Fsp3) is 0.214. The predicted molar refractivity (Wildman–Crippen MR) is 73.6 cm³/mol. The number of benzene rings is 1. The first-order valence-corrected chi connectivity index (χ1v) is 6.82. The normalized spacial score (nSPS) is 14.1. The summed E-state index contributed by atoms with van der Waals surface area (Å²) in [5.74, 6) is -0.865. The zero-order valence-corrected chi connectivity index (χ0v) is 11.5. The maximum absolute atomic E-state index is 12.1. The van der Waals surface area contributed by atoms with Gasteiger partial charge in [0.25, 0.3) is 11.7 Å². The lowest BCUT2D eigenvalue weighted by Gasteiger charge is -2.17. The fourth-order valence-electron chi connectivity index (χ4n) is 2.38. The molecule has 3 rings (SSSR count). The fourth-order valence-corrected chi connectivity index (χ4v) is 2.98. The third-order valence-corrected chi connectivity index (χ3v) is 4.07. The van der Waals surface area contributed by atoms with E-state index in [2.05, 4.69) is 4.98 Å². The van der Waals surface area contributed by atoms with Crippen molar-refractivity contribution in [2.24, 2.45) is 0 Å². The summed E-state index contributed by atoms with van der Waals surface area (Å²) >= 11 is 1.48. The van der Waals surface area contributed by atoms with Gasteiger partial charge in [-0.2, -0.15) is 0 Å². The standard InChI is InChI=1S/C14H12N2O2S/c1-8-3-4-9(2)12-11(8)13(17)14(18)16(12)7-10-15-5-6-19-10/h3-6H,7H2,1-2H3. The van der Waals surface area contributed by atoms with Crippen LogP contribution in [-0.2, 0) is 11.3 Å². The summed E-state index contributed by atoms with van der Waals surface area (Å²) in [5, 5.41) is 2.69. The maximum atomic E-state index is 12.1. The third-order valence-electron chi connectivity index (χ3n) is 3.30. The second kappa shape index (κ2) is 4.28. The maximum Gasteiger partial charge on any atom is 0.299 e. The Bertz CT molecular complexity index is 677. The molecule has 0 radical (unpaired) electrons. The lowest BCUT2D eigenvalue weighted by atomic mass is 10.0. The van der Waals surface area contributed by atoms with Gasteiger partial charge in [-0.05, 0) is 25.0 Å². The summed E-state index contributed by atoms with van der Waals surface area (Å²) in [6.45, 7) is 4.13. The minimum Gasteiger partial charge on any atom is -0.298 e. The number of aromatic nitrogens is 1. The number of anilines is 1. The van der Waals surface area contributed by atoms with E-state index in [0.29, 0.717) is 12.1 Å². The topological polar surface area (TPSA) is 50.3 Å². The van der Waals surface area contributed by atoms with Crippen molar-refractivity contribution in [2.75, 3.05) is 4.90 Å². The van der Waals surface area contributed by atoms with Crippen LogP contribution in [0.5, 0.6) is 0 Å². The van der Waals surface area contributed by atoms with Gasteiger partial charge in [-0.3, -0.25) is 14.5 Å². The van der Waals surface area contributed by atoms with Gasteiger partial charge in [-0.15, -0.1) is 11.3 Å². The lowest BCUT2D eigenvalue weighted by Crippen LogP contribution is -2.29. The summed E-state index contributed by atoms with van der Waals surface area (Å²) < 4.78 is 0. The van der Waals surface area contributed by atoms with Crippen LogP contribution in [0.3, 0.4) is 0 Å². The quantitative estimate of drug-likeness (QED) is 0.789. The highest BCUT2D eigenvalue weighted by atomic mass is 32.1. The molecule has 19 heavy (non-hydrogen) atoms. The van der Waals surface area contributed by atoms with E-state index in [9.17, 15) is 9.59 Å². The van der Waals surface area contributed by atoms with Crippen molar-refractivity contribution in [1.29, 1.82) is 0 Å². The van der Waals surface area contributed by atoms with E-state index < -0.39 is 11.7 Å². The number of Topliss-reactive ketones (excluding diaryl/α,β-unsaturated/α-hetero) is 1. The van der Waals surface area contributed by atoms with Gasteiger partial charge in [-0.1, -0.05) is 12.1 Å². The molecule has 0 bridgehead atoms. The molecule has 96 valence electrons. The highest BCUT2D eigenvalue weighted by Gasteiger charge is 2.38. The summed E-state index contributed by atoms with van der Waals surface area (Å²) in [4.78, 5) is 30.0. The zero-order valence-electron chi connectivity index (χ0n) is 10.6. The van der Waals surface area contributed by atoms with E-state index in [0.717, 1.165) is 21.8 Å². The smallest absolute Gasteiger partial charge is 0.298 e. The Morgan fingerprint density at radius 3 is 2.63 bits per heavy atom. The summed E-state index contributed by atoms with van der Waals surface area (Å²) in [6, 6.07) is 3.82. The van der Waals surface area contributed by atoms with Gasteiger partial charge in [-0.25, -0.2) is 4.98 Å². The predicted octanol–water partition coefficient (Wildman–Crippen LogP) is 2.49. The average molecular weight is 272 g/mol. The van der Waals surface area contributed by atoms with Crippen molar-refractivity contribution in [3.05, 3.63) is 45.4 Å². The van der Waals surface area contributed by atoms with Crippen molar-refractivity contribution in [3.8, 4) is 0 Å². The Kier molecular flexibility index (Phi) is 2.71. The minimum atomic E-state index is -0.456. The summed E-state index contributed by atoms with van der Waals surface area (Å²) in [5.41, 5.74) is 3.07.